The van der Waals surface area contributed by atoms with Crippen LogP contribution in [-0.2, 0) is 7.05 Å². The summed E-state index contributed by atoms with van der Waals surface area (Å²) in [4.78, 5) is 16.5. The zero-order valence-electron chi connectivity index (χ0n) is 31.7. The first-order valence-corrected chi connectivity index (χ1v) is 18.3. The fourth-order valence-corrected chi connectivity index (χ4v) is 5.29. The van der Waals surface area contributed by atoms with Gasteiger partial charge in [0.2, 0.25) is 5.95 Å². The van der Waals surface area contributed by atoms with Crippen LogP contribution in [0.3, 0.4) is 0 Å². The summed E-state index contributed by atoms with van der Waals surface area (Å²) in [5.74, 6) is 3.14. The second-order valence-corrected chi connectivity index (χ2v) is 12.5. The Morgan fingerprint density at radius 3 is 1.80 bits per heavy atom. The average Bonchev–Trinajstić information content (AvgIpc) is 3.55. The van der Waals surface area contributed by atoms with Crippen molar-refractivity contribution in [3.8, 4) is 23.0 Å². The first kappa shape index (κ1) is 44.6. The van der Waals surface area contributed by atoms with Gasteiger partial charge < -0.3 is 45.9 Å². The number of nitrogens with two attached hydrogens (primary N) is 1. The first-order chi connectivity index (χ1) is 28.7. The summed E-state index contributed by atoms with van der Waals surface area (Å²) in [6, 6.07) is 32.3. The van der Waals surface area contributed by atoms with E-state index in [1.807, 2.05) is 66.2 Å². The largest absolute Gasteiger partial charge is 0.457 e. The summed E-state index contributed by atoms with van der Waals surface area (Å²) in [5, 5.41) is 39.9. The van der Waals surface area contributed by atoms with Crippen LogP contribution in [0.2, 0.25) is 10.0 Å². The number of benzene rings is 4. The number of nitrogen functional groups attached to an aromatic ring is 1. The number of pyridine rings is 2. The van der Waals surface area contributed by atoms with Crippen molar-refractivity contribution in [2.45, 2.75) is 0 Å². The maximum atomic E-state index is 8.63. The van der Waals surface area contributed by atoms with Crippen molar-refractivity contribution in [1.82, 2.24) is 19.5 Å². The first-order valence-electron chi connectivity index (χ1n) is 17.1. The Bertz CT molecular complexity index is 2530. The third-order valence-corrected chi connectivity index (χ3v) is 8.20. The zero-order chi connectivity index (χ0) is 42.6. The Hall–Kier alpha value is -7.07. The summed E-state index contributed by atoms with van der Waals surface area (Å²) in [5.41, 5.74) is 11.7. The molecule has 302 valence electrons. The van der Waals surface area contributed by atoms with Crippen LogP contribution < -0.4 is 25.8 Å². The number of aliphatic imine (C=N–C) groups is 1. The monoisotopic (exact) mass is 852 g/mol. The minimum Gasteiger partial charge on any atom is -0.457 e. The van der Waals surface area contributed by atoms with E-state index in [9.17, 15) is 0 Å². The molecule has 0 aliphatic heterocycles. The fourth-order valence-electron chi connectivity index (χ4n) is 4.93. The number of aliphatic hydroxyl groups excluding tert-OH is 1. The maximum Gasteiger partial charge on any atom is 0.208 e. The van der Waals surface area contributed by atoms with E-state index < -0.39 is 0 Å². The van der Waals surface area contributed by atoms with Gasteiger partial charge in [-0.25, -0.2) is 4.98 Å². The fraction of sp³-hybridized carbons (Fsp3) is 0.0732. The van der Waals surface area contributed by atoms with Crippen LogP contribution in [0.25, 0.3) is 11.0 Å². The molecule has 0 saturated carbocycles. The lowest BCUT2D eigenvalue weighted by molar-refractivity contribution is 0.321. The molecule has 0 saturated heterocycles. The van der Waals surface area contributed by atoms with Gasteiger partial charge in [-0.3, -0.25) is 9.97 Å². The predicted molar refractivity (Wildman–Crippen MR) is 238 cm³/mol. The van der Waals surface area contributed by atoms with E-state index in [0.29, 0.717) is 56.1 Å². The smallest absolute Gasteiger partial charge is 0.208 e. The van der Waals surface area contributed by atoms with Crippen LogP contribution in [0.4, 0.5) is 28.7 Å². The number of nitrogens with one attached hydrogen (secondary N) is 2. The third kappa shape index (κ3) is 13.8. The Morgan fingerprint density at radius 2 is 1.27 bits per heavy atom. The summed E-state index contributed by atoms with van der Waals surface area (Å²) in [7, 11) is 4.74. The average molecular weight is 854 g/mol. The second-order valence-electron chi connectivity index (χ2n) is 11.5. The summed E-state index contributed by atoms with van der Waals surface area (Å²) < 4.78 is 13.5. The number of anilines is 4. The number of rotatable bonds is 10. The highest BCUT2D eigenvalue weighted by Gasteiger charge is 2.10. The SMILES string of the molecule is CNc1ccc(Oc2ccnc(/C=N\O)c2)cc1N.CO.Cn1c(Nc2ccc(Cl)cc2)nc2cc(Oc3ccnc(/C=N\O)c3)ccc21.S=C=Nc1ccc(Cl)cc1. The van der Waals surface area contributed by atoms with E-state index in [1.54, 1.807) is 74.0 Å². The van der Waals surface area contributed by atoms with Crippen LogP contribution >= 0.6 is 35.4 Å². The molecule has 0 radical (unpaired) electrons. The van der Waals surface area contributed by atoms with Crippen LogP contribution in [0.1, 0.15) is 11.4 Å². The number of isothiocyanates is 1. The molecule has 0 unspecified atom stereocenters. The Labute approximate surface area is 354 Å². The van der Waals surface area contributed by atoms with Gasteiger partial charge in [-0.2, -0.15) is 4.99 Å². The number of nitrogens with zero attached hydrogens (tertiary/aromatic N) is 7. The number of aliphatic hydroxyl groups is 1. The number of aryl methyl sites for hydroxylation is 1. The second kappa shape index (κ2) is 23.2. The molecule has 15 nitrogen and oxygen atoms in total. The van der Waals surface area contributed by atoms with E-state index in [4.69, 9.17) is 53.9 Å². The molecule has 0 atom stereocenters. The number of hydrogen-bond acceptors (Lipinski definition) is 15. The predicted octanol–water partition coefficient (Wildman–Crippen LogP) is 9.95. The third-order valence-electron chi connectivity index (χ3n) is 7.60. The molecular weight excluding hydrogens is 815 g/mol. The maximum absolute atomic E-state index is 8.63. The molecule has 59 heavy (non-hydrogen) atoms. The molecule has 7 aromatic rings. The van der Waals surface area contributed by atoms with Crippen LogP contribution in [0.15, 0.2) is 137 Å². The lowest BCUT2D eigenvalue weighted by Crippen LogP contribution is -1.98. The minimum absolute atomic E-state index is 0.494. The number of fused-ring (bicyclic) bond motifs is 1. The molecule has 0 aliphatic rings. The van der Waals surface area contributed by atoms with Gasteiger partial charge in [-0.1, -0.05) is 33.5 Å². The summed E-state index contributed by atoms with van der Waals surface area (Å²) in [6.45, 7) is 0. The number of oxime groups is 2. The van der Waals surface area contributed by atoms with Crippen molar-refractivity contribution in [2.24, 2.45) is 22.4 Å². The van der Waals surface area contributed by atoms with E-state index >= 15 is 0 Å². The van der Waals surface area contributed by atoms with Crippen LogP contribution in [-0.4, -0.2) is 66.8 Å². The van der Waals surface area contributed by atoms with Crippen molar-refractivity contribution in [3.05, 3.63) is 143 Å². The van der Waals surface area contributed by atoms with E-state index in [-0.39, 0.29) is 0 Å². The van der Waals surface area contributed by atoms with Gasteiger partial charge in [0.25, 0.3) is 0 Å². The molecule has 7 N–H and O–H groups in total. The van der Waals surface area contributed by atoms with E-state index in [1.165, 1.54) is 12.4 Å². The number of thiocarbonyl (C=S) groups is 1. The Kier molecular flexibility index (Phi) is 17.6. The van der Waals surface area contributed by atoms with Crippen LogP contribution in [0.5, 0.6) is 23.0 Å². The van der Waals surface area contributed by atoms with Crippen LogP contribution in [0, 0.1) is 0 Å². The summed E-state index contributed by atoms with van der Waals surface area (Å²) in [6.07, 6.45) is 5.62. The number of hydrogen-bond donors (Lipinski definition) is 6. The minimum atomic E-state index is 0.494. The van der Waals surface area contributed by atoms with Gasteiger partial charge >= 0.3 is 0 Å². The molecule has 18 heteroatoms. The summed E-state index contributed by atoms with van der Waals surface area (Å²) >= 11 is 16.0. The van der Waals surface area contributed by atoms with E-state index in [2.05, 4.69) is 58.3 Å². The lowest BCUT2D eigenvalue weighted by atomic mass is 10.2. The number of halogens is 2. The van der Waals surface area contributed by atoms with Gasteiger partial charge in [-0.15, -0.1) is 0 Å². The van der Waals surface area contributed by atoms with Gasteiger partial charge in [0.1, 0.15) is 23.0 Å². The van der Waals surface area contributed by atoms with Gasteiger partial charge in [0, 0.05) is 73.6 Å². The molecule has 3 aromatic heterocycles. The van der Waals surface area contributed by atoms with Crippen molar-refractivity contribution in [3.63, 3.8) is 0 Å². The van der Waals surface area contributed by atoms with Gasteiger partial charge in [0.05, 0.1) is 57.1 Å². The van der Waals surface area contributed by atoms with Gasteiger partial charge in [-0.05, 0) is 97.1 Å². The van der Waals surface area contributed by atoms with E-state index in [0.717, 1.165) is 35.2 Å². The Balaban J connectivity index is 0.000000213. The normalized spacial score (nSPS) is 10.3. The molecule has 0 aliphatic carbocycles. The topological polar surface area (TPSA) is 210 Å². The standard InChI is InChI=1S/C20H16ClN5O2.C13H14N4O2.C7H4ClNS.CH4O/c1-26-19-7-6-16(28-17-8-9-22-15(10-17)12-23-27)11-18(19)25-20(26)24-14-4-2-13(21)3-5-14;1-15-13-3-2-10(7-12(13)14)19-11-4-5-16-9(6-11)8-17-18;8-6-1-3-7(4-2-6)9-5-10;1-2/h2-12,27H,1H3,(H,24,25);2-8,15,18H,14H2,1H3;1-4H;2H,1H3/b23-12-;17-8-;;. The number of imidazole rings is 1. The highest BCUT2D eigenvalue weighted by atomic mass is 35.5. The molecule has 0 amide bonds. The van der Waals surface area contributed by atoms with Gasteiger partial charge in [0.15, 0.2) is 0 Å². The van der Waals surface area contributed by atoms with Crippen molar-refractivity contribution in [1.29, 1.82) is 0 Å². The molecule has 7 rings (SSSR count). The van der Waals surface area contributed by atoms with Crippen molar-refractivity contribution < 1.29 is 25.0 Å². The molecule has 0 fully saturated rings. The molecule has 0 bridgehead atoms. The number of ether oxygens (including phenoxy) is 2. The zero-order valence-corrected chi connectivity index (χ0v) is 34.1. The Morgan fingerprint density at radius 1 is 0.746 bits per heavy atom. The molecule has 3 heterocycles. The highest BCUT2D eigenvalue weighted by Crippen LogP contribution is 2.29. The highest BCUT2D eigenvalue weighted by molar-refractivity contribution is 7.78. The molecular formula is C41H38Cl2N10O5S. The van der Waals surface area contributed by atoms with Crippen molar-refractivity contribution in [2.75, 3.05) is 30.5 Å². The quantitative estimate of drug-likeness (QED) is 0.0250. The molecule has 0 spiro atoms. The molecule has 4 aromatic carbocycles. The lowest BCUT2D eigenvalue weighted by Gasteiger charge is -2.09. The number of aromatic nitrogens is 4. The van der Waals surface area contributed by atoms with Crippen molar-refractivity contribution >= 4 is 92.7 Å².